The van der Waals surface area contributed by atoms with Crippen molar-refractivity contribution in [1.29, 1.82) is 0 Å². The van der Waals surface area contributed by atoms with Crippen LogP contribution < -0.4 is 10.5 Å². The van der Waals surface area contributed by atoms with Crippen molar-refractivity contribution in [2.24, 2.45) is 0 Å². The molecular formula is C11H11BrN2O3. The van der Waals surface area contributed by atoms with Crippen LogP contribution in [0.25, 0.3) is 11.3 Å². The summed E-state index contributed by atoms with van der Waals surface area (Å²) in [6, 6.07) is 3.24. The van der Waals surface area contributed by atoms with Gasteiger partial charge >= 0.3 is 0 Å². The van der Waals surface area contributed by atoms with Gasteiger partial charge in [-0.05, 0) is 28.9 Å². The summed E-state index contributed by atoms with van der Waals surface area (Å²) in [6.45, 7) is 1.75. The molecule has 0 spiro atoms. The van der Waals surface area contributed by atoms with Gasteiger partial charge in [-0.2, -0.15) is 0 Å². The topological polar surface area (TPSA) is 81.5 Å². The molecule has 2 rings (SSSR count). The van der Waals surface area contributed by atoms with Crippen molar-refractivity contribution >= 4 is 21.7 Å². The molecule has 2 aromatic rings. The Hall–Kier alpha value is -1.69. The van der Waals surface area contributed by atoms with E-state index in [4.69, 9.17) is 15.0 Å². The van der Waals surface area contributed by atoms with Gasteiger partial charge in [0.2, 0.25) is 0 Å². The fourth-order valence-electron chi connectivity index (χ4n) is 1.60. The number of aromatic nitrogens is 1. The van der Waals surface area contributed by atoms with Crippen LogP contribution in [0.3, 0.4) is 0 Å². The number of nitrogens with zero attached hydrogens (tertiary/aromatic N) is 1. The largest absolute Gasteiger partial charge is 0.507 e. The van der Waals surface area contributed by atoms with E-state index < -0.39 is 0 Å². The monoisotopic (exact) mass is 298 g/mol. The van der Waals surface area contributed by atoms with Crippen LogP contribution in [-0.2, 0) is 0 Å². The Labute approximate surface area is 106 Å². The Balaban J connectivity index is 2.64. The Morgan fingerprint density at radius 2 is 2.18 bits per heavy atom. The first-order valence-electron chi connectivity index (χ1n) is 4.83. The SMILES string of the molecule is COc1c(Br)cc(-c2cc(N)no2)c(O)c1C. The predicted octanol–water partition coefficient (Wildman–Crippen LogP) is 2.71. The van der Waals surface area contributed by atoms with Gasteiger partial charge in [0.25, 0.3) is 0 Å². The molecule has 0 aliphatic carbocycles. The summed E-state index contributed by atoms with van der Waals surface area (Å²) in [6.07, 6.45) is 0. The maximum atomic E-state index is 10.1. The predicted molar refractivity (Wildman–Crippen MR) is 67.0 cm³/mol. The third-order valence-electron chi connectivity index (χ3n) is 2.44. The highest BCUT2D eigenvalue weighted by Gasteiger charge is 2.17. The highest BCUT2D eigenvalue weighted by atomic mass is 79.9. The average molecular weight is 299 g/mol. The Morgan fingerprint density at radius 3 is 2.71 bits per heavy atom. The van der Waals surface area contributed by atoms with Crippen molar-refractivity contribution < 1.29 is 14.4 Å². The van der Waals surface area contributed by atoms with Crippen LogP contribution >= 0.6 is 15.9 Å². The number of ether oxygens (including phenoxy) is 1. The number of phenols is 1. The number of anilines is 1. The minimum atomic E-state index is 0.0844. The molecule has 17 heavy (non-hydrogen) atoms. The molecule has 3 N–H and O–H groups in total. The number of phenolic OH excluding ortho intramolecular Hbond substituents is 1. The van der Waals surface area contributed by atoms with E-state index >= 15 is 0 Å². The smallest absolute Gasteiger partial charge is 0.172 e. The molecule has 0 unspecified atom stereocenters. The number of hydrogen-bond acceptors (Lipinski definition) is 5. The maximum Gasteiger partial charge on any atom is 0.172 e. The van der Waals surface area contributed by atoms with E-state index in [0.29, 0.717) is 22.6 Å². The fourth-order valence-corrected chi connectivity index (χ4v) is 2.29. The molecule has 6 heteroatoms. The highest BCUT2D eigenvalue weighted by molar-refractivity contribution is 9.10. The average Bonchev–Trinajstić information content (AvgIpc) is 2.71. The Bertz CT molecular complexity index is 566. The fraction of sp³-hybridized carbons (Fsp3) is 0.182. The summed E-state index contributed by atoms with van der Waals surface area (Å²) < 4.78 is 10.9. The normalized spacial score (nSPS) is 10.5. The molecule has 0 radical (unpaired) electrons. The molecule has 90 valence electrons. The number of nitrogens with two attached hydrogens (primary N) is 1. The van der Waals surface area contributed by atoms with Crippen molar-refractivity contribution in [2.75, 3.05) is 12.8 Å². The molecule has 0 fully saturated rings. The molecule has 1 aromatic carbocycles. The third-order valence-corrected chi connectivity index (χ3v) is 3.03. The van der Waals surface area contributed by atoms with Gasteiger partial charge in [-0.15, -0.1) is 0 Å². The molecule has 0 saturated carbocycles. The first kappa shape index (κ1) is 11.8. The second kappa shape index (κ2) is 4.29. The summed E-state index contributed by atoms with van der Waals surface area (Å²) in [4.78, 5) is 0. The van der Waals surface area contributed by atoms with Gasteiger partial charge in [-0.25, -0.2) is 0 Å². The summed E-state index contributed by atoms with van der Waals surface area (Å²) in [7, 11) is 1.54. The van der Waals surface area contributed by atoms with Gasteiger partial charge in [0.1, 0.15) is 11.5 Å². The zero-order valence-corrected chi connectivity index (χ0v) is 10.9. The lowest BCUT2D eigenvalue weighted by molar-refractivity contribution is 0.398. The molecule has 0 atom stereocenters. The molecule has 0 aliphatic rings. The number of benzene rings is 1. The molecule has 1 aromatic heterocycles. The van der Waals surface area contributed by atoms with Crippen LogP contribution in [0.5, 0.6) is 11.5 Å². The number of halogens is 1. The van der Waals surface area contributed by atoms with Crippen molar-refractivity contribution in [3.63, 3.8) is 0 Å². The number of methoxy groups -OCH3 is 1. The lowest BCUT2D eigenvalue weighted by Gasteiger charge is -2.11. The van der Waals surface area contributed by atoms with Gasteiger partial charge in [0.15, 0.2) is 11.6 Å². The van der Waals surface area contributed by atoms with E-state index in [9.17, 15) is 5.11 Å². The standard InChI is InChI=1S/C11H11BrN2O3/c1-5-10(15)6(3-7(12)11(5)16-2)8-4-9(13)14-17-8/h3-4,15H,1-2H3,(H2,13,14). The minimum absolute atomic E-state index is 0.0844. The molecule has 0 bridgehead atoms. The van der Waals surface area contributed by atoms with Gasteiger partial charge in [0, 0.05) is 11.6 Å². The molecule has 5 nitrogen and oxygen atoms in total. The first-order valence-corrected chi connectivity index (χ1v) is 5.62. The zero-order chi connectivity index (χ0) is 12.6. The third kappa shape index (κ3) is 1.95. The number of rotatable bonds is 2. The van der Waals surface area contributed by atoms with E-state index in [2.05, 4.69) is 21.1 Å². The molecule has 1 heterocycles. The van der Waals surface area contributed by atoms with Crippen LogP contribution in [0.2, 0.25) is 0 Å². The van der Waals surface area contributed by atoms with Gasteiger partial charge in [-0.3, -0.25) is 0 Å². The van der Waals surface area contributed by atoms with E-state index in [-0.39, 0.29) is 11.6 Å². The first-order chi connectivity index (χ1) is 8.04. The van der Waals surface area contributed by atoms with E-state index in [1.54, 1.807) is 26.2 Å². The van der Waals surface area contributed by atoms with Crippen LogP contribution in [0.1, 0.15) is 5.56 Å². The molecular weight excluding hydrogens is 288 g/mol. The zero-order valence-electron chi connectivity index (χ0n) is 9.32. The summed E-state index contributed by atoms with van der Waals surface area (Å²) >= 11 is 3.37. The van der Waals surface area contributed by atoms with E-state index in [1.165, 1.54) is 0 Å². The lowest BCUT2D eigenvalue weighted by Crippen LogP contribution is -1.91. The van der Waals surface area contributed by atoms with Crippen LogP contribution in [-0.4, -0.2) is 17.4 Å². The van der Waals surface area contributed by atoms with Gasteiger partial charge < -0.3 is 20.1 Å². The lowest BCUT2D eigenvalue weighted by atomic mass is 10.1. The van der Waals surface area contributed by atoms with Crippen molar-refractivity contribution in [1.82, 2.24) is 5.16 Å². The van der Waals surface area contributed by atoms with Crippen LogP contribution in [0, 0.1) is 6.92 Å². The number of aromatic hydroxyl groups is 1. The van der Waals surface area contributed by atoms with Crippen LogP contribution in [0.4, 0.5) is 5.82 Å². The van der Waals surface area contributed by atoms with E-state index in [1.807, 2.05) is 0 Å². The van der Waals surface area contributed by atoms with Crippen molar-refractivity contribution in [3.05, 3.63) is 22.2 Å². The Kier molecular flexibility index (Phi) is 2.97. The highest BCUT2D eigenvalue weighted by Crippen LogP contribution is 2.42. The summed E-state index contributed by atoms with van der Waals surface area (Å²) in [5.41, 5.74) is 6.61. The van der Waals surface area contributed by atoms with Gasteiger partial charge in [-0.1, -0.05) is 5.16 Å². The van der Waals surface area contributed by atoms with Crippen molar-refractivity contribution in [2.45, 2.75) is 6.92 Å². The molecule has 0 saturated heterocycles. The summed E-state index contributed by atoms with van der Waals surface area (Å²) in [5.74, 6) is 1.34. The van der Waals surface area contributed by atoms with E-state index in [0.717, 1.165) is 4.47 Å². The number of nitrogen functional groups attached to an aromatic ring is 1. The van der Waals surface area contributed by atoms with Crippen LogP contribution in [0.15, 0.2) is 21.1 Å². The number of hydrogen-bond donors (Lipinski definition) is 2. The quantitative estimate of drug-likeness (QED) is 0.891. The molecule has 0 aliphatic heterocycles. The van der Waals surface area contributed by atoms with Crippen molar-refractivity contribution in [3.8, 4) is 22.8 Å². The maximum absolute atomic E-state index is 10.1. The minimum Gasteiger partial charge on any atom is -0.507 e. The molecule has 0 amide bonds. The second-order valence-corrected chi connectivity index (χ2v) is 4.38. The summed E-state index contributed by atoms with van der Waals surface area (Å²) in [5, 5.41) is 13.6. The van der Waals surface area contributed by atoms with Gasteiger partial charge in [0.05, 0.1) is 17.1 Å². The second-order valence-electron chi connectivity index (χ2n) is 3.53. The Morgan fingerprint density at radius 1 is 1.47 bits per heavy atom.